The molecular weight excluding hydrogens is 323 g/mol. The second kappa shape index (κ2) is 5.99. The number of halogens is 1. The molecule has 0 amide bonds. The van der Waals surface area contributed by atoms with Crippen LogP contribution >= 0.6 is 0 Å². The SMILES string of the molecule is CO[C@@H]1C[C@@H](c2nncn2C)N(S(=O)(=O)c2ccccc2F)C1. The molecule has 1 aliphatic rings. The van der Waals surface area contributed by atoms with Crippen LogP contribution in [-0.4, -0.2) is 47.2 Å². The highest BCUT2D eigenvalue weighted by Gasteiger charge is 2.43. The van der Waals surface area contributed by atoms with E-state index in [0.717, 1.165) is 6.07 Å². The molecule has 124 valence electrons. The molecule has 0 bridgehead atoms. The maximum atomic E-state index is 14.0. The van der Waals surface area contributed by atoms with Gasteiger partial charge in [0.25, 0.3) is 0 Å². The highest BCUT2D eigenvalue weighted by Crippen LogP contribution is 2.37. The van der Waals surface area contributed by atoms with Crippen molar-refractivity contribution >= 4 is 10.0 Å². The van der Waals surface area contributed by atoms with Crippen molar-refractivity contribution in [2.45, 2.75) is 23.5 Å². The summed E-state index contributed by atoms with van der Waals surface area (Å²) in [6.45, 7) is 0.144. The van der Waals surface area contributed by atoms with Crippen molar-refractivity contribution in [1.29, 1.82) is 0 Å². The number of nitrogens with zero attached hydrogens (tertiary/aromatic N) is 4. The van der Waals surface area contributed by atoms with Gasteiger partial charge in [0.1, 0.15) is 17.0 Å². The first-order valence-corrected chi connectivity index (χ1v) is 8.52. The molecule has 1 aliphatic heterocycles. The quantitative estimate of drug-likeness (QED) is 0.833. The monoisotopic (exact) mass is 340 g/mol. The molecule has 3 rings (SSSR count). The number of benzene rings is 1. The predicted molar refractivity (Wildman–Crippen MR) is 79.4 cm³/mol. The highest BCUT2D eigenvalue weighted by molar-refractivity contribution is 7.89. The molecule has 0 radical (unpaired) electrons. The molecule has 0 unspecified atom stereocenters. The Bertz CT molecular complexity index is 808. The van der Waals surface area contributed by atoms with Crippen molar-refractivity contribution in [3.8, 4) is 0 Å². The topological polar surface area (TPSA) is 77.3 Å². The Morgan fingerprint density at radius 3 is 2.70 bits per heavy atom. The van der Waals surface area contributed by atoms with Crippen LogP contribution in [0.3, 0.4) is 0 Å². The molecule has 0 spiro atoms. The largest absolute Gasteiger partial charge is 0.380 e. The van der Waals surface area contributed by atoms with Crippen molar-refractivity contribution in [3.63, 3.8) is 0 Å². The summed E-state index contributed by atoms with van der Waals surface area (Å²) in [6, 6.07) is 4.80. The molecule has 0 aliphatic carbocycles. The van der Waals surface area contributed by atoms with E-state index >= 15 is 0 Å². The van der Waals surface area contributed by atoms with E-state index in [1.54, 1.807) is 11.6 Å². The molecule has 2 aromatic rings. The van der Waals surface area contributed by atoms with Gasteiger partial charge in [0, 0.05) is 20.7 Å². The van der Waals surface area contributed by atoms with Crippen LogP contribution < -0.4 is 0 Å². The van der Waals surface area contributed by atoms with Gasteiger partial charge in [0.05, 0.1) is 12.1 Å². The third-order valence-electron chi connectivity index (χ3n) is 4.02. The normalized spacial score (nSPS) is 22.6. The molecule has 1 aromatic carbocycles. The molecule has 1 aromatic heterocycles. The number of rotatable bonds is 4. The number of hydrogen-bond donors (Lipinski definition) is 0. The molecule has 1 saturated heterocycles. The van der Waals surface area contributed by atoms with Gasteiger partial charge in [-0.3, -0.25) is 0 Å². The second-order valence-corrected chi connectivity index (χ2v) is 7.27. The summed E-state index contributed by atoms with van der Waals surface area (Å²) in [6.07, 6.45) is 1.67. The van der Waals surface area contributed by atoms with Crippen LogP contribution in [0.4, 0.5) is 4.39 Å². The predicted octanol–water partition coefficient (Wildman–Crippen LogP) is 1.10. The lowest BCUT2D eigenvalue weighted by atomic mass is 10.2. The molecule has 0 saturated carbocycles. The van der Waals surface area contributed by atoms with Gasteiger partial charge in [-0.2, -0.15) is 4.31 Å². The average Bonchev–Trinajstić information content (AvgIpc) is 3.13. The van der Waals surface area contributed by atoms with Gasteiger partial charge in [-0.15, -0.1) is 10.2 Å². The summed E-state index contributed by atoms with van der Waals surface area (Å²) in [7, 11) is -0.742. The van der Waals surface area contributed by atoms with E-state index in [9.17, 15) is 12.8 Å². The fourth-order valence-electron chi connectivity index (χ4n) is 2.81. The van der Waals surface area contributed by atoms with Crippen LogP contribution in [0.1, 0.15) is 18.3 Å². The van der Waals surface area contributed by atoms with Crippen LogP contribution in [0.5, 0.6) is 0 Å². The van der Waals surface area contributed by atoms with Crippen molar-refractivity contribution in [1.82, 2.24) is 19.1 Å². The Morgan fingerprint density at radius 2 is 2.09 bits per heavy atom. The summed E-state index contributed by atoms with van der Waals surface area (Å²) >= 11 is 0. The first-order valence-electron chi connectivity index (χ1n) is 7.08. The third-order valence-corrected chi connectivity index (χ3v) is 5.93. The zero-order chi connectivity index (χ0) is 16.6. The molecule has 0 N–H and O–H groups in total. The van der Waals surface area contributed by atoms with Crippen LogP contribution in [0, 0.1) is 5.82 Å². The van der Waals surface area contributed by atoms with Gasteiger partial charge >= 0.3 is 0 Å². The molecule has 23 heavy (non-hydrogen) atoms. The zero-order valence-corrected chi connectivity index (χ0v) is 13.6. The Labute approximate surface area is 133 Å². The molecule has 1 fully saturated rings. The zero-order valence-electron chi connectivity index (χ0n) is 12.8. The maximum absolute atomic E-state index is 14.0. The van der Waals surface area contributed by atoms with E-state index < -0.39 is 21.9 Å². The molecular formula is C14H17FN4O3S. The fourth-order valence-corrected chi connectivity index (χ4v) is 4.51. The maximum Gasteiger partial charge on any atom is 0.246 e. The molecule has 7 nitrogen and oxygen atoms in total. The van der Waals surface area contributed by atoms with Gasteiger partial charge in [-0.05, 0) is 18.6 Å². The smallest absolute Gasteiger partial charge is 0.246 e. The summed E-state index contributed by atoms with van der Waals surface area (Å²) in [4.78, 5) is -0.344. The van der Waals surface area contributed by atoms with E-state index in [0.29, 0.717) is 12.2 Å². The lowest BCUT2D eigenvalue weighted by Crippen LogP contribution is -2.33. The first kappa shape index (κ1) is 16.0. The van der Waals surface area contributed by atoms with Gasteiger partial charge in [0.2, 0.25) is 10.0 Å². The van der Waals surface area contributed by atoms with Crippen LogP contribution in [0.15, 0.2) is 35.5 Å². The highest BCUT2D eigenvalue weighted by atomic mass is 32.2. The minimum absolute atomic E-state index is 0.144. The lowest BCUT2D eigenvalue weighted by molar-refractivity contribution is 0.114. The number of methoxy groups -OCH3 is 1. The Balaban J connectivity index is 2.05. The molecule has 9 heteroatoms. The van der Waals surface area contributed by atoms with Crippen LogP contribution in [0.2, 0.25) is 0 Å². The van der Waals surface area contributed by atoms with Crippen molar-refractivity contribution in [2.75, 3.05) is 13.7 Å². The Hall–Kier alpha value is -1.84. The van der Waals surface area contributed by atoms with E-state index in [2.05, 4.69) is 10.2 Å². The molecule has 2 heterocycles. The van der Waals surface area contributed by atoms with Crippen molar-refractivity contribution in [3.05, 3.63) is 42.2 Å². The number of sulfonamides is 1. The average molecular weight is 340 g/mol. The lowest BCUT2D eigenvalue weighted by Gasteiger charge is -2.23. The van der Waals surface area contributed by atoms with E-state index in [1.165, 1.54) is 35.9 Å². The van der Waals surface area contributed by atoms with Crippen molar-refractivity contribution < 1.29 is 17.5 Å². The second-order valence-electron chi connectivity index (χ2n) is 5.41. The van der Waals surface area contributed by atoms with Crippen LogP contribution in [-0.2, 0) is 21.8 Å². The minimum Gasteiger partial charge on any atom is -0.380 e. The first-order chi connectivity index (χ1) is 10.9. The number of ether oxygens (including phenoxy) is 1. The minimum atomic E-state index is -4.01. The van der Waals surface area contributed by atoms with Crippen molar-refractivity contribution in [2.24, 2.45) is 7.05 Å². The van der Waals surface area contributed by atoms with Gasteiger partial charge in [-0.1, -0.05) is 12.1 Å². The number of aryl methyl sites for hydroxylation is 1. The van der Waals surface area contributed by atoms with Gasteiger partial charge in [-0.25, -0.2) is 12.8 Å². The van der Waals surface area contributed by atoms with E-state index in [1.807, 2.05) is 0 Å². The van der Waals surface area contributed by atoms with E-state index in [-0.39, 0.29) is 17.5 Å². The van der Waals surface area contributed by atoms with E-state index in [4.69, 9.17) is 4.74 Å². The Morgan fingerprint density at radius 1 is 1.35 bits per heavy atom. The number of aromatic nitrogens is 3. The Kier molecular flexibility index (Phi) is 4.17. The van der Waals surface area contributed by atoms with Crippen LogP contribution in [0.25, 0.3) is 0 Å². The standard InChI is InChI=1S/C14H17FN4O3S/c1-18-9-16-17-14(18)12-7-10(22-2)8-19(12)23(20,21)13-6-4-3-5-11(13)15/h3-6,9-10,12H,7-8H2,1-2H3/t10-,12+/m1/s1. The summed E-state index contributed by atoms with van der Waals surface area (Å²) in [5.41, 5.74) is 0. The fraction of sp³-hybridized carbons (Fsp3) is 0.429. The van der Waals surface area contributed by atoms with Gasteiger partial charge < -0.3 is 9.30 Å². The summed E-state index contributed by atoms with van der Waals surface area (Å²) in [5, 5.41) is 7.80. The summed E-state index contributed by atoms with van der Waals surface area (Å²) in [5.74, 6) is -0.269. The summed E-state index contributed by atoms with van der Waals surface area (Å²) < 4.78 is 48.0. The number of hydrogen-bond acceptors (Lipinski definition) is 5. The third kappa shape index (κ3) is 2.75. The molecule has 2 atom stereocenters. The van der Waals surface area contributed by atoms with Gasteiger partial charge in [0.15, 0.2) is 5.82 Å².